The predicted octanol–water partition coefficient (Wildman–Crippen LogP) is 2.82. The average Bonchev–Trinajstić information content (AvgIpc) is 2.92. The van der Waals surface area contributed by atoms with Crippen molar-refractivity contribution < 1.29 is 12.9 Å². The van der Waals surface area contributed by atoms with E-state index < -0.39 is 10.0 Å². The lowest BCUT2D eigenvalue weighted by Crippen LogP contribution is -2.14. The Morgan fingerprint density at radius 1 is 1.38 bits per heavy atom. The molecule has 2 N–H and O–H groups in total. The second-order valence-electron chi connectivity index (χ2n) is 5.76. The number of nitrogens with zero attached hydrogens (tertiary/aromatic N) is 3. The molecule has 8 nitrogen and oxygen atoms in total. The summed E-state index contributed by atoms with van der Waals surface area (Å²) < 4.78 is 33.3. The molecule has 0 bridgehead atoms. The van der Waals surface area contributed by atoms with Crippen LogP contribution in [0.4, 0.5) is 5.69 Å². The first-order valence-corrected chi connectivity index (χ1v) is 9.78. The first-order valence-electron chi connectivity index (χ1n) is 7.41. The fourth-order valence-electron chi connectivity index (χ4n) is 2.52. The molecule has 24 heavy (non-hydrogen) atoms. The number of rotatable bonds is 5. The molecule has 0 radical (unpaired) electrons. The van der Waals surface area contributed by atoms with Gasteiger partial charge in [-0.3, -0.25) is 9.82 Å². The van der Waals surface area contributed by atoms with E-state index in [1.165, 1.54) is 11.3 Å². The predicted molar refractivity (Wildman–Crippen MR) is 88.5 cm³/mol. The number of sulfonamides is 1. The maximum atomic E-state index is 12.7. The highest BCUT2D eigenvalue weighted by atomic mass is 32.2. The molecule has 1 fully saturated rings. The Kier molecular flexibility index (Phi) is 3.46. The van der Waals surface area contributed by atoms with Gasteiger partial charge >= 0.3 is 0 Å². The largest absolute Gasteiger partial charge is 0.333 e. The molecule has 0 unspecified atom stereocenters. The van der Waals surface area contributed by atoms with Crippen molar-refractivity contribution in [3.8, 4) is 10.8 Å². The fraction of sp³-hybridized carbons (Fsp3) is 0.357. The zero-order valence-electron chi connectivity index (χ0n) is 13.0. The number of thiophene rings is 1. The molecule has 0 aromatic carbocycles. The topological polar surface area (TPSA) is 114 Å². The third-order valence-electron chi connectivity index (χ3n) is 3.82. The highest BCUT2D eigenvalue weighted by molar-refractivity contribution is 7.92. The van der Waals surface area contributed by atoms with Gasteiger partial charge in [-0.05, 0) is 38.1 Å². The second kappa shape index (κ2) is 5.42. The quantitative estimate of drug-likeness (QED) is 0.718. The number of H-pyrrole nitrogens is 1. The zero-order valence-corrected chi connectivity index (χ0v) is 14.7. The summed E-state index contributed by atoms with van der Waals surface area (Å²) in [6.45, 7) is 3.32. The Morgan fingerprint density at radius 2 is 2.17 bits per heavy atom. The van der Waals surface area contributed by atoms with Crippen LogP contribution in [0.1, 0.15) is 36.0 Å². The molecule has 0 atom stereocenters. The van der Waals surface area contributed by atoms with Crippen LogP contribution >= 0.6 is 11.3 Å². The SMILES string of the molecule is Cc1n[nH]c(C)c1S(=O)(=O)Nc1ccsc1-c1nc(C2CC2)no1. The van der Waals surface area contributed by atoms with E-state index in [2.05, 4.69) is 25.1 Å². The number of hydrogen-bond acceptors (Lipinski definition) is 7. The van der Waals surface area contributed by atoms with Gasteiger partial charge in [-0.1, -0.05) is 5.16 Å². The van der Waals surface area contributed by atoms with Crippen molar-refractivity contribution in [1.29, 1.82) is 0 Å². The summed E-state index contributed by atoms with van der Waals surface area (Å²) >= 11 is 1.35. The lowest BCUT2D eigenvalue weighted by molar-refractivity contribution is 0.423. The van der Waals surface area contributed by atoms with E-state index in [1.807, 2.05) is 0 Å². The van der Waals surface area contributed by atoms with Crippen LogP contribution in [0, 0.1) is 13.8 Å². The third-order valence-corrected chi connectivity index (χ3v) is 6.35. The van der Waals surface area contributed by atoms with Crippen LogP contribution in [0.2, 0.25) is 0 Å². The van der Waals surface area contributed by atoms with E-state index >= 15 is 0 Å². The molecule has 0 saturated heterocycles. The summed E-state index contributed by atoms with van der Waals surface area (Å²) in [5.74, 6) is 1.40. The maximum Gasteiger partial charge on any atom is 0.270 e. The molecule has 3 aromatic heterocycles. The van der Waals surface area contributed by atoms with Crippen molar-refractivity contribution in [1.82, 2.24) is 20.3 Å². The smallest absolute Gasteiger partial charge is 0.270 e. The van der Waals surface area contributed by atoms with Crippen molar-refractivity contribution in [3.63, 3.8) is 0 Å². The monoisotopic (exact) mass is 365 g/mol. The molecule has 0 spiro atoms. The lowest BCUT2D eigenvalue weighted by Gasteiger charge is -2.07. The van der Waals surface area contributed by atoms with Crippen LogP contribution in [0.25, 0.3) is 10.8 Å². The normalized spacial score (nSPS) is 14.9. The van der Waals surface area contributed by atoms with Crippen molar-refractivity contribution in [2.45, 2.75) is 37.5 Å². The molecule has 4 rings (SSSR count). The zero-order chi connectivity index (χ0) is 16.9. The summed E-state index contributed by atoms with van der Waals surface area (Å²) in [5, 5.41) is 12.4. The van der Waals surface area contributed by atoms with E-state index in [0.717, 1.165) is 12.8 Å². The Bertz CT molecular complexity index is 978. The van der Waals surface area contributed by atoms with Gasteiger partial charge < -0.3 is 4.52 Å². The molecule has 126 valence electrons. The second-order valence-corrected chi connectivity index (χ2v) is 8.30. The molecular formula is C14H15N5O3S2. The molecule has 1 saturated carbocycles. The Hall–Kier alpha value is -2.20. The van der Waals surface area contributed by atoms with Crippen LogP contribution in [0.5, 0.6) is 0 Å². The van der Waals surface area contributed by atoms with Crippen LogP contribution in [-0.4, -0.2) is 28.8 Å². The van der Waals surface area contributed by atoms with Gasteiger partial charge in [-0.2, -0.15) is 10.1 Å². The molecule has 0 amide bonds. The minimum atomic E-state index is -3.76. The van der Waals surface area contributed by atoms with Crippen LogP contribution in [-0.2, 0) is 10.0 Å². The average molecular weight is 365 g/mol. The maximum absolute atomic E-state index is 12.7. The summed E-state index contributed by atoms with van der Waals surface area (Å²) in [7, 11) is -3.76. The van der Waals surface area contributed by atoms with Gasteiger partial charge in [-0.25, -0.2) is 8.42 Å². The van der Waals surface area contributed by atoms with E-state index in [4.69, 9.17) is 4.52 Å². The van der Waals surface area contributed by atoms with Crippen LogP contribution in [0.15, 0.2) is 20.9 Å². The van der Waals surface area contributed by atoms with E-state index in [9.17, 15) is 8.42 Å². The van der Waals surface area contributed by atoms with Gasteiger partial charge in [0.05, 0.1) is 17.1 Å². The number of aromatic amines is 1. The van der Waals surface area contributed by atoms with Crippen molar-refractivity contribution in [2.75, 3.05) is 4.72 Å². The molecule has 3 heterocycles. The van der Waals surface area contributed by atoms with Crippen molar-refractivity contribution >= 4 is 27.0 Å². The van der Waals surface area contributed by atoms with Crippen molar-refractivity contribution in [2.24, 2.45) is 0 Å². The Morgan fingerprint density at radius 3 is 2.83 bits per heavy atom. The third kappa shape index (κ3) is 2.61. The Labute approximate surface area is 142 Å². The van der Waals surface area contributed by atoms with E-state index in [-0.39, 0.29) is 4.90 Å². The van der Waals surface area contributed by atoms with Crippen LogP contribution < -0.4 is 4.72 Å². The minimum absolute atomic E-state index is 0.156. The highest BCUT2D eigenvalue weighted by Gasteiger charge is 2.30. The number of anilines is 1. The fourth-order valence-corrected chi connectivity index (χ4v) is 4.80. The van der Waals surface area contributed by atoms with E-state index in [0.29, 0.717) is 39.6 Å². The van der Waals surface area contributed by atoms with Gasteiger partial charge in [0.15, 0.2) is 5.82 Å². The minimum Gasteiger partial charge on any atom is -0.333 e. The van der Waals surface area contributed by atoms with Gasteiger partial charge in [0, 0.05) is 5.92 Å². The summed E-state index contributed by atoms with van der Waals surface area (Å²) in [6, 6.07) is 1.68. The highest BCUT2D eigenvalue weighted by Crippen LogP contribution is 2.40. The van der Waals surface area contributed by atoms with Gasteiger partial charge in [-0.15, -0.1) is 11.3 Å². The number of nitrogens with one attached hydrogen (secondary N) is 2. The lowest BCUT2D eigenvalue weighted by atomic mass is 10.4. The summed E-state index contributed by atoms with van der Waals surface area (Å²) in [4.78, 5) is 5.15. The number of hydrogen-bond donors (Lipinski definition) is 2. The van der Waals surface area contributed by atoms with Crippen molar-refractivity contribution in [3.05, 3.63) is 28.7 Å². The molecule has 1 aliphatic carbocycles. The first-order chi connectivity index (χ1) is 11.5. The first kappa shape index (κ1) is 15.3. The molecular weight excluding hydrogens is 350 g/mol. The van der Waals surface area contributed by atoms with Crippen LogP contribution in [0.3, 0.4) is 0 Å². The van der Waals surface area contributed by atoms with Gasteiger partial charge in [0.25, 0.3) is 15.9 Å². The molecule has 10 heteroatoms. The van der Waals surface area contributed by atoms with E-state index in [1.54, 1.807) is 25.3 Å². The standard InChI is InChI=1S/C14H15N5O3S2/c1-7-12(8(2)17-16-7)24(20,21)19-10-5-6-23-11(10)14-15-13(18-22-14)9-3-4-9/h5-6,9,19H,3-4H2,1-2H3,(H,16,17). The van der Waals surface area contributed by atoms with Gasteiger partial charge in [0.2, 0.25) is 0 Å². The number of aryl methyl sites for hydroxylation is 2. The summed E-state index contributed by atoms with van der Waals surface area (Å²) in [6.07, 6.45) is 2.14. The molecule has 1 aliphatic rings. The summed E-state index contributed by atoms with van der Waals surface area (Å²) in [5.41, 5.74) is 1.34. The Balaban J connectivity index is 1.67. The van der Waals surface area contributed by atoms with Gasteiger partial charge in [0.1, 0.15) is 9.77 Å². The molecule has 0 aliphatic heterocycles. The molecule has 3 aromatic rings. The number of aromatic nitrogens is 4.